The number of hydrogen-bond donors (Lipinski definition) is 1. The number of amides is 1. The van der Waals surface area contributed by atoms with E-state index in [0.717, 1.165) is 40.4 Å². The minimum Gasteiger partial charge on any atom is -0.353 e. The number of aryl methyl sites for hydroxylation is 1. The van der Waals surface area contributed by atoms with Crippen molar-refractivity contribution in [3.8, 4) is 5.69 Å². The van der Waals surface area contributed by atoms with Crippen molar-refractivity contribution in [1.29, 1.82) is 0 Å². The summed E-state index contributed by atoms with van der Waals surface area (Å²) in [6, 6.07) is 6.66. The van der Waals surface area contributed by atoms with Gasteiger partial charge in [-0.1, -0.05) is 6.42 Å². The molecule has 1 aromatic heterocycles. The molecule has 28 heavy (non-hydrogen) atoms. The molecule has 1 aromatic carbocycles. The molecule has 3 saturated carbocycles. The molecule has 3 aliphatic carbocycles. The number of benzene rings is 1. The van der Waals surface area contributed by atoms with Crippen LogP contribution >= 0.6 is 0 Å². The average molecular weight is 381 g/mol. The number of halogens is 1. The summed E-state index contributed by atoms with van der Waals surface area (Å²) in [6.07, 6.45) is 7.00. The summed E-state index contributed by atoms with van der Waals surface area (Å²) in [5, 5.41) is 7.95. The van der Waals surface area contributed by atoms with Gasteiger partial charge in [0.15, 0.2) is 0 Å². The van der Waals surface area contributed by atoms with Crippen LogP contribution < -0.4 is 5.32 Å². The zero-order valence-corrected chi connectivity index (χ0v) is 16.6. The van der Waals surface area contributed by atoms with E-state index in [-0.39, 0.29) is 11.7 Å². The smallest absolute Gasteiger partial charge is 0.224 e. The van der Waals surface area contributed by atoms with Crippen molar-refractivity contribution in [2.24, 2.45) is 23.7 Å². The summed E-state index contributed by atoms with van der Waals surface area (Å²) in [6.45, 7) is 3.92. The van der Waals surface area contributed by atoms with E-state index in [4.69, 9.17) is 0 Å². The van der Waals surface area contributed by atoms with Crippen LogP contribution in [-0.4, -0.2) is 21.7 Å². The molecule has 0 aliphatic heterocycles. The predicted molar refractivity (Wildman–Crippen MR) is 106 cm³/mol. The molecular weight excluding hydrogens is 353 g/mol. The number of carbonyl (C=O) groups excluding carboxylic acids is 1. The van der Waals surface area contributed by atoms with Crippen LogP contribution in [0.4, 0.5) is 4.39 Å². The van der Waals surface area contributed by atoms with E-state index in [2.05, 4.69) is 10.4 Å². The van der Waals surface area contributed by atoms with E-state index >= 15 is 0 Å². The highest BCUT2D eigenvalue weighted by molar-refractivity contribution is 5.79. The number of carbonyl (C=O) groups is 1. The van der Waals surface area contributed by atoms with Crippen molar-refractivity contribution >= 4 is 5.91 Å². The first-order valence-corrected chi connectivity index (χ1v) is 10.6. The first-order valence-electron chi connectivity index (χ1n) is 10.6. The molecule has 5 heteroatoms. The molecular formula is C23H28FN3O. The highest BCUT2D eigenvalue weighted by atomic mass is 19.1. The van der Waals surface area contributed by atoms with Crippen LogP contribution in [0, 0.1) is 43.3 Å². The fraction of sp³-hybridized carbons (Fsp3) is 0.565. The molecule has 5 atom stereocenters. The van der Waals surface area contributed by atoms with Crippen LogP contribution in [0.3, 0.4) is 0 Å². The Balaban J connectivity index is 1.29. The van der Waals surface area contributed by atoms with Crippen molar-refractivity contribution in [3.05, 3.63) is 47.0 Å². The van der Waals surface area contributed by atoms with Gasteiger partial charge in [-0.25, -0.2) is 9.07 Å². The Morgan fingerprint density at radius 2 is 1.89 bits per heavy atom. The Bertz CT molecular complexity index is 903. The van der Waals surface area contributed by atoms with Gasteiger partial charge in [0, 0.05) is 17.3 Å². The van der Waals surface area contributed by atoms with E-state index in [1.807, 2.05) is 13.8 Å². The number of nitrogens with zero attached hydrogens (tertiary/aromatic N) is 2. The van der Waals surface area contributed by atoms with Gasteiger partial charge in [0.05, 0.1) is 17.8 Å². The van der Waals surface area contributed by atoms with Crippen LogP contribution in [0.5, 0.6) is 0 Å². The Kier molecular flexibility index (Phi) is 4.29. The van der Waals surface area contributed by atoms with Crippen molar-refractivity contribution < 1.29 is 9.18 Å². The maximum Gasteiger partial charge on any atom is 0.224 e. The largest absolute Gasteiger partial charge is 0.353 e. The second kappa shape index (κ2) is 6.71. The van der Waals surface area contributed by atoms with Crippen molar-refractivity contribution in [3.63, 3.8) is 0 Å². The topological polar surface area (TPSA) is 46.9 Å². The third-order valence-electron chi connectivity index (χ3n) is 7.62. The van der Waals surface area contributed by atoms with Gasteiger partial charge >= 0.3 is 0 Å². The Hall–Kier alpha value is -2.17. The fourth-order valence-electron chi connectivity index (χ4n) is 6.42. The summed E-state index contributed by atoms with van der Waals surface area (Å²) in [5.74, 6) is 3.18. The van der Waals surface area contributed by atoms with Gasteiger partial charge in [-0.3, -0.25) is 4.79 Å². The van der Waals surface area contributed by atoms with Crippen LogP contribution in [-0.2, 0) is 11.2 Å². The lowest BCUT2D eigenvalue weighted by Gasteiger charge is -2.32. The maximum atomic E-state index is 13.2. The standard InChI is InChI=1S/C23H28FN3O/c1-13-20(14(2)27(26-13)17-8-6-16(24)7-9-17)12-23(28)25-22-11-15-10-21(22)19-5-3-4-18(15)19/h6-9,15,18-19,21-22H,3-5,10-12H2,1-2H3,(H,25,28)/t15-,18-,19-,21+,22-/m1/s1. The van der Waals surface area contributed by atoms with E-state index in [1.54, 1.807) is 16.8 Å². The fourth-order valence-corrected chi connectivity index (χ4v) is 6.42. The third kappa shape index (κ3) is 2.87. The average Bonchev–Trinajstić information content (AvgIpc) is 3.41. The summed E-state index contributed by atoms with van der Waals surface area (Å²) >= 11 is 0. The Morgan fingerprint density at radius 1 is 1.14 bits per heavy atom. The normalized spacial score (nSPS) is 30.6. The number of rotatable bonds is 4. The first-order chi connectivity index (χ1) is 13.5. The monoisotopic (exact) mass is 381 g/mol. The third-order valence-corrected chi connectivity index (χ3v) is 7.62. The molecule has 148 valence electrons. The van der Waals surface area contributed by atoms with Gasteiger partial charge in [-0.2, -0.15) is 5.10 Å². The molecule has 1 heterocycles. The van der Waals surface area contributed by atoms with E-state index < -0.39 is 0 Å². The van der Waals surface area contributed by atoms with Gasteiger partial charge in [0.25, 0.3) is 0 Å². The van der Waals surface area contributed by atoms with Crippen LogP contribution in [0.1, 0.15) is 49.1 Å². The number of nitrogens with one attached hydrogen (secondary N) is 1. The predicted octanol–water partition coefficient (Wildman–Crippen LogP) is 4.11. The minimum atomic E-state index is -0.264. The molecule has 2 bridgehead atoms. The lowest BCUT2D eigenvalue weighted by atomic mass is 9.79. The van der Waals surface area contributed by atoms with Crippen LogP contribution in [0.25, 0.3) is 5.69 Å². The Morgan fingerprint density at radius 3 is 2.68 bits per heavy atom. The van der Waals surface area contributed by atoms with Gasteiger partial charge < -0.3 is 5.32 Å². The SMILES string of the molecule is Cc1nn(-c2ccc(F)cc2)c(C)c1CC(=O)N[C@@H]1C[C@H]2C[C@H]1[C@@H]1CCC[C@H]21. The second-order valence-corrected chi connectivity index (χ2v) is 9.04. The molecule has 0 spiro atoms. The maximum absolute atomic E-state index is 13.2. The molecule has 2 aromatic rings. The molecule has 0 unspecified atom stereocenters. The summed E-state index contributed by atoms with van der Waals surface area (Å²) in [7, 11) is 0. The molecule has 3 aliphatic rings. The van der Waals surface area contributed by atoms with E-state index in [9.17, 15) is 9.18 Å². The van der Waals surface area contributed by atoms with Crippen molar-refractivity contribution in [2.45, 2.75) is 58.4 Å². The second-order valence-electron chi connectivity index (χ2n) is 9.04. The lowest BCUT2D eigenvalue weighted by molar-refractivity contribution is -0.121. The number of fused-ring (bicyclic) bond motifs is 5. The quantitative estimate of drug-likeness (QED) is 0.866. The van der Waals surface area contributed by atoms with Gasteiger partial charge in [0.1, 0.15) is 5.82 Å². The van der Waals surface area contributed by atoms with Gasteiger partial charge in [-0.15, -0.1) is 0 Å². The van der Waals surface area contributed by atoms with E-state index in [0.29, 0.717) is 18.4 Å². The highest BCUT2D eigenvalue weighted by Crippen LogP contribution is 2.58. The van der Waals surface area contributed by atoms with E-state index in [1.165, 1.54) is 44.2 Å². The van der Waals surface area contributed by atoms with Crippen LogP contribution in [0.15, 0.2) is 24.3 Å². The molecule has 1 amide bonds. The van der Waals surface area contributed by atoms with Crippen molar-refractivity contribution in [2.75, 3.05) is 0 Å². The summed E-state index contributed by atoms with van der Waals surface area (Å²) in [4.78, 5) is 12.8. The molecule has 0 radical (unpaired) electrons. The molecule has 1 N–H and O–H groups in total. The van der Waals surface area contributed by atoms with Gasteiger partial charge in [0.2, 0.25) is 5.91 Å². The summed E-state index contributed by atoms with van der Waals surface area (Å²) < 4.78 is 15.0. The van der Waals surface area contributed by atoms with Crippen LogP contribution in [0.2, 0.25) is 0 Å². The minimum absolute atomic E-state index is 0.108. The number of aromatic nitrogens is 2. The molecule has 4 nitrogen and oxygen atoms in total. The van der Waals surface area contributed by atoms with Gasteiger partial charge in [-0.05, 0) is 87.5 Å². The zero-order valence-electron chi connectivity index (χ0n) is 16.6. The first kappa shape index (κ1) is 17.9. The Labute approximate surface area is 165 Å². The summed E-state index contributed by atoms with van der Waals surface area (Å²) in [5.41, 5.74) is 3.60. The zero-order chi connectivity index (χ0) is 19.4. The highest BCUT2D eigenvalue weighted by Gasteiger charge is 2.53. The molecule has 3 fully saturated rings. The number of hydrogen-bond acceptors (Lipinski definition) is 2. The molecule has 5 rings (SSSR count). The lowest BCUT2D eigenvalue weighted by Crippen LogP contribution is -2.43. The van der Waals surface area contributed by atoms with Crippen molar-refractivity contribution in [1.82, 2.24) is 15.1 Å². The molecule has 0 saturated heterocycles.